The smallest absolute Gasteiger partial charge is 0.267 e. The molecule has 36 heavy (non-hydrogen) atoms. The van der Waals surface area contributed by atoms with Gasteiger partial charge in [-0.05, 0) is 49.1 Å². The molecule has 0 fully saturated rings. The van der Waals surface area contributed by atoms with Gasteiger partial charge in [0, 0.05) is 12.7 Å². The summed E-state index contributed by atoms with van der Waals surface area (Å²) in [5.41, 5.74) is 3.78. The van der Waals surface area contributed by atoms with E-state index in [4.69, 9.17) is 10.4 Å². The number of nitrogens with one attached hydrogen (secondary N) is 2. The van der Waals surface area contributed by atoms with E-state index in [1.807, 2.05) is 80.6 Å². The van der Waals surface area contributed by atoms with Gasteiger partial charge in [-0.2, -0.15) is 0 Å². The average Bonchev–Trinajstić information content (AvgIpc) is 2.89. The van der Waals surface area contributed by atoms with E-state index in [-0.39, 0.29) is 22.7 Å². The maximum Gasteiger partial charge on any atom is 0.267 e. The molecule has 5 rings (SSSR count). The van der Waals surface area contributed by atoms with E-state index >= 15 is 0 Å². The Morgan fingerprint density at radius 1 is 1.03 bits per heavy atom. The van der Waals surface area contributed by atoms with Crippen LogP contribution in [-0.4, -0.2) is 19.9 Å². The van der Waals surface area contributed by atoms with Crippen molar-refractivity contribution < 1.29 is 4.79 Å². The van der Waals surface area contributed by atoms with E-state index in [1.165, 1.54) is 10.5 Å². The molecule has 7 heteroatoms. The minimum absolute atomic E-state index is 0.0274. The third-order valence-corrected chi connectivity index (χ3v) is 6.41. The molecule has 2 aromatic carbocycles. The predicted molar refractivity (Wildman–Crippen MR) is 140 cm³/mol. The van der Waals surface area contributed by atoms with Crippen LogP contribution in [0.1, 0.15) is 40.0 Å². The Kier molecular flexibility index (Phi) is 6.21. The normalized spacial score (nSPS) is 12.1. The third-order valence-electron chi connectivity index (χ3n) is 6.41. The van der Waals surface area contributed by atoms with Crippen molar-refractivity contribution in [2.24, 2.45) is 0 Å². The lowest BCUT2D eigenvalue weighted by Crippen LogP contribution is -2.36. The van der Waals surface area contributed by atoms with Crippen molar-refractivity contribution >= 4 is 22.6 Å². The quantitative estimate of drug-likeness (QED) is 0.360. The molecule has 7 nitrogen and oxygen atoms in total. The van der Waals surface area contributed by atoms with Crippen LogP contribution in [0.5, 0.6) is 0 Å². The number of hydrogen-bond acceptors (Lipinski definition) is 4. The molecule has 0 spiro atoms. The molecule has 0 saturated carbocycles. The number of amides is 1. The van der Waals surface area contributed by atoms with Gasteiger partial charge in [-0.25, -0.2) is 4.98 Å². The summed E-state index contributed by atoms with van der Waals surface area (Å²) in [6.45, 7) is 4.21. The van der Waals surface area contributed by atoms with Crippen LogP contribution in [0.15, 0.2) is 89.9 Å². The highest BCUT2D eigenvalue weighted by Gasteiger charge is 2.19. The molecule has 3 heterocycles. The first-order chi connectivity index (χ1) is 17.4. The number of hydrogen-bond donors (Lipinski definition) is 2. The first-order valence-electron chi connectivity index (χ1n) is 11.9. The molecule has 3 aromatic heterocycles. The zero-order valence-electron chi connectivity index (χ0n) is 20.2. The van der Waals surface area contributed by atoms with Crippen LogP contribution in [0.25, 0.3) is 16.7 Å². The highest BCUT2D eigenvalue weighted by molar-refractivity contribution is 5.97. The van der Waals surface area contributed by atoms with E-state index in [2.05, 4.69) is 5.32 Å². The molecule has 0 unspecified atom stereocenters. The molecule has 0 saturated heterocycles. The molecule has 2 N–H and O–H groups in total. The Bertz CT molecular complexity index is 1690. The second-order valence-electron chi connectivity index (χ2n) is 8.99. The Morgan fingerprint density at radius 3 is 2.44 bits per heavy atom. The Morgan fingerprint density at radius 2 is 1.72 bits per heavy atom. The third kappa shape index (κ3) is 4.43. The Hall–Kier alpha value is -4.52. The lowest BCUT2D eigenvalue weighted by atomic mass is 10.1. The van der Waals surface area contributed by atoms with Crippen LogP contribution in [0.3, 0.4) is 0 Å². The molecule has 1 atom stereocenters. The molecule has 0 radical (unpaired) electrons. The van der Waals surface area contributed by atoms with Gasteiger partial charge < -0.3 is 9.88 Å². The summed E-state index contributed by atoms with van der Waals surface area (Å²) in [6.07, 6.45) is 2.37. The van der Waals surface area contributed by atoms with E-state index in [0.717, 1.165) is 16.7 Å². The predicted octanol–water partition coefficient (Wildman–Crippen LogP) is 4.17. The van der Waals surface area contributed by atoms with Crippen LogP contribution in [0, 0.1) is 12.3 Å². The molecule has 0 aliphatic rings. The maximum atomic E-state index is 13.5. The number of nitrogens with zero attached hydrogens (tertiary/aromatic N) is 3. The van der Waals surface area contributed by atoms with Gasteiger partial charge in [0.2, 0.25) is 0 Å². The fraction of sp³-hybridized carbons (Fsp3) is 0.172. The van der Waals surface area contributed by atoms with Gasteiger partial charge in [-0.3, -0.25) is 19.4 Å². The van der Waals surface area contributed by atoms with Crippen LogP contribution < -0.4 is 16.4 Å². The van der Waals surface area contributed by atoms with Crippen LogP contribution >= 0.6 is 0 Å². The summed E-state index contributed by atoms with van der Waals surface area (Å²) in [5, 5.41) is 12.2. The highest BCUT2D eigenvalue weighted by Crippen LogP contribution is 2.15. The fourth-order valence-corrected chi connectivity index (χ4v) is 4.42. The second-order valence-corrected chi connectivity index (χ2v) is 8.99. The van der Waals surface area contributed by atoms with Crippen molar-refractivity contribution in [2.45, 2.75) is 32.9 Å². The lowest BCUT2D eigenvalue weighted by molar-refractivity contribution is 0.0937. The number of benzene rings is 2. The first-order valence-corrected chi connectivity index (χ1v) is 11.9. The summed E-state index contributed by atoms with van der Waals surface area (Å²) < 4.78 is 3.17. The molecule has 0 bridgehead atoms. The highest BCUT2D eigenvalue weighted by atomic mass is 16.2. The van der Waals surface area contributed by atoms with Crippen molar-refractivity contribution in [1.29, 1.82) is 5.41 Å². The van der Waals surface area contributed by atoms with Crippen molar-refractivity contribution in [2.75, 3.05) is 0 Å². The van der Waals surface area contributed by atoms with Crippen LogP contribution in [0.4, 0.5) is 0 Å². The van der Waals surface area contributed by atoms with E-state index in [0.29, 0.717) is 29.6 Å². The zero-order valence-corrected chi connectivity index (χ0v) is 20.2. The molecule has 0 aliphatic heterocycles. The molecule has 0 aliphatic carbocycles. The number of pyridine rings is 2. The first kappa shape index (κ1) is 23.2. The summed E-state index contributed by atoms with van der Waals surface area (Å²) >= 11 is 0. The topological polar surface area (TPSA) is 92.2 Å². The fourth-order valence-electron chi connectivity index (χ4n) is 4.42. The maximum absolute atomic E-state index is 13.5. The summed E-state index contributed by atoms with van der Waals surface area (Å²) in [7, 11) is 0. The Labute approximate surface area is 208 Å². The van der Waals surface area contributed by atoms with Crippen molar-refractivity contribution in [3.63, 3.8) is 0 Å². The summed E-state index contributed by atoms with van der Waals surface area (Å²) in [6, 6.07) is 24.5. The van der Waals surface area contributed by atoms with E-state index < -0.39 is 5.91 Å². The monoisotopic (exact) mass is 477 g/mol. The number of carbonyl (C=O) groups excluding carboxylic acids is 1. The van der Waals surface area contributed by atoms with Gasteiger partial charge in [0.05, 0.1) is 17.0 Å². The minimum atomic E-state index is -0.402. The molecular weight excluding hydrogens is 450 g/mol. The number of carbonyl (C=O) groups is 1. The van der Waals surface area contributed by atoms with Crippen molar-refractivity contribution in [3.05, 3.63) is 123 Å². The van der Waals surface area contributed by atoms with Gasteiger partial charge >= 0.3 is 0 Å². The van der Waals surface area contributed by atoms with Crippen molar-refractivity contribution in [3.8, 4) is 0 Å². The zero-order chi connectivity index (χ0) is 25.2. The number of aryl methyl sites for hydroxylation is 3. The van der Waals surface area contributed by atoms with Gasteiger partial charge in [0.25, 0.3) is 11.5 Å². The van der Waals surface area contributed by atoms with E-state index in [1.54, 1.807) is 16.8 Å². The van der Waals surface area contributed by atoms with Crippen LogP contribution in [-0.2, 0) is 13.0 Å². The summed E-state index contributed by atoms with van der Waals surface area (Å²) in [4.78, 5) is 31.6. The van der Waals surface area contributed by atoms with Gasteiger partial charge in [0.15, 0.2) is 0 Å². The van der Waals surface area contributed by atoms with Crippen molar-refractivity contribution in [1.82, 2.24) is 19.3 Å². The molecule has 180 valence electrons. The SMILES string of the molecule is Cc1ccc2nc3c(cc(C(=O)N[C@@H](C)c4ccccc4)c(=N)n3CCc3ccccc3)c(=O)n2c1. The Balaban J connectivity index is 1.65. The molecular formula is C29H27N5O2. The molecule has 1 amide bonds. The standard InChI is InChI=1S/C29H27N5O2/c1-19-13-14-25-32-27-24(29(36)34(25)18-19)17-23(28(35)31-20(2)22-11-7-4-8-12-22)26(30)33(27)16-15-21-9-5-3-6-10-21/h3-14,17-18,20,30H,15-16H2,1-2H3,(H,31,35)/t20-/m0/s1. The van der Waals surface area contributed by atoms with E-state index in [9.17, 15) is 9.59 Å². The van der Waals surface area contributed by atoms with Gasteiger partial charge in [-0.1, -0.05) is 66.7 Å². The molecule has 5 aromatic rings. The minimum Gasteiger partial charge on any atom is -0.345 e. The summed E-state index contributed by atoms with van der Waals surface area (Å²) in [5.74, 6) is -0.402. The number of fused-ring (bicyclic) bond motifs is 2. The van der Waals surface area contributed by atoms with Gasteiger partial charge in [-0.15, -0.1) is 0 Å². The number of aromatic nitrogens is 3. The number of rotatable bonds is 6. The van der Waals surface area contributed by atoms with Gasteiger partial charge in [0.1, 0.15) is 16.8 Å². The van der Waals surface area contributed by atoms with Crippen LogP contribution in [0.2, 0.25) is 0 Å². The largest absolute Gasteiger partial charge is 0.345 e. The second kappa shape index (κ2) is 9.62. The lowest BCUT2D eigenvalue weighted by Gasteiger charge is -2.17. The average molecular weight is 478 g/mol.